The molecule has 0 amide bonds. The fraction of sp³-hybridized carbons (Fsp3) is 1.00. The van der Waals surface area contributed by atoms with Crippen LogP contribution in [0.5, 0.6) is 0 Å². The standard InChI is InChI=1S/C15H30/c1-3-15-13-11-9-7-5-4-6-8-10-12-14(15)2/h14-15H,3-13H2,1-2H3. The predicted octanol–water partition coefficient (Wildman–Crippen LogP) is 5.56. The molecule has 0 aromatic rings. The van der Waals surface area contributed by atoms with Crippen molar-refractivity contribution in [2.45, 2.75) is 84.5 Å². The highest BCUT2D eigenvalue weighted by Gasteiger charge is 2.14. The Morgan fingerprint density at radius 1 is 0.733 bits per heavy atom. The highest BCUT2D eigenvalue weighted by Crippen LogP contribution is 2.27. The van der Waals surface area contributed by atoms with E-state index in [4.69, 9.17) is 0 Å². The molecule has 0 saturated heterocycles. The molecule has 1 saturated carbocycles. The van der Waals surface area contributed by atoms with Crippen LogP contribution in [-0.2, 0) is 0 Å². The van der Waals surface area contributed by atoms with Gasteiger partial charge in [-0.05, 0) is 11.8 Å². The fourth-order valence-electron chi connectivity index (χ4n) is 3.06. The summed E-state index contributed by atoms with van der Waals surface area (Å²) in [6.07, 6.45) is 16.3. The first-order valence-electron chi connectivity index (χ1n) is 7.34. The first-order chi connectivity index (χ1) is 7.34. The van der Waals surface area contributed by atoms with Crippen molar-refractivity contribution in [3.63, 3.8) is 0 Å². The van der Waals surface area contributed by atoms with Gasteiger partial charge in [-0.25, -0.2) is 0 Å². The van der Waals surface area contributed by atoms with Gasteiger partial charge in [0.15, 0.2) is 0 Å². The largest absolute Gasteiger partial charge is 0.0651 e. The van der Waals surface area contributed by atoms with E-state index in [9.17, 15) is 0 Å². The van der Waals surface area contributed by atoms with E-state index in [1.54, 1.807) is 0 Å². The summed E-state index contributed by atoms with van der Waals surface area (Å²) in [5.41, 5.74) is 0. The van der Waals surface area contributed by atoms with Crippen molar-refractivity contribution in [2.75, 3.05) is 0 Å². The molecule has 0 bridgehead atoms. The van der Waals surface area contributed by atoms with E-state index in [2.05, 4.69) is 13.8 Å². The highest BCUT2D eigenvalue weighted by molar-refractivity contribution is 4.66. The van der Waals surface area contributed by atoms with Gasteiger partial charge in [-0.2, -0.15) is 0 Å². The molecule has 2 atom stereocenters. The van der Waals surface area contributed by atoms with E-state index in [1.807, 2.05) is 0 Å². The Bertz CT molecular complexity index is 139. The van der Waals surface area contributed by atoms with Crippen LogP contribution in [-0.4, -0.2) is 0 Å². The van der Waals surface area contributed by atoms with Crippen LogP contribution in [0.25, 0.3) is 0 Å². The fourth-order valence-corrected chi connectivity index (χ4v) is 3.06. The maximum Gasteiger partial charge on any atom is -0.0391 e. The number of hydrogen-bond acceptors (Lipinski definition) is 0. The zero-order valence-electron chi connectivity index (χ0n) is 10.9. The molecule has 1 aliphatic rings. The van der Waals surface area contributed by atoms with E-state index in [-0.39, 0.29) is 0 Å². The molecule has 0 heteroatoms. The highest BCUT2D eigenvalue weighted by atomic mass is 14.2. The third kappa shape index (κ3) is 5.58. The maximum absolute atomic E-state index is 2.49. The molecular weight excluding hydrogens is 180 g/mol. The van der Waals surface area contributed by atoms with Crippen molar-refractivity contribution < 1.29 is 0 Å². The van der Waals surface area contributed by atoms with Crippen molar-refractivity contribution in [3.05, 3.63) is 0 Å². The third-order valence-corrected chi connectivity index (χ3v) is 4.31. The monoisotopic (exact) mass is 210 g/mol. The normalized spacial score (nSPS) is 31.6. The molecule has 0 aromatic carbocycles. The molecule has 2 unspecified atom stereocenters. The Morgan fingerprint density at radius 3 is 1.73 bits per heavy atom. The second kappa shape index (κ2) is 8.19. The van der Waals surface area contributed by atoms with Crippen LogP contribution < -0.4 is 0 Å². The summed E-state index contributed by atoms with van der Waals surface area (Å²) in [6, 6.07) is 0. The van der Waals surface area contributed by atoms with Crippen LogP contribution in [0.4, 0.5) is 0 Å². The molecule has 0 N–H and O–H groups in total. The summed E-state index contributed by atoms with van der Waals surface area (Å²) in [7, 11) is 0. The van der Waals surface area contributed by atoms with Crippen LogP contribution in [0.2, 0.25) is 0 Å². The second-order valence-corrected chi connectivity index (χ2v) is 5.55. The number of rotatable bonds is 1. The SMILES string of the molecule is CCC1CCCCCCCCCCC1C. The van der Waals surface area contributed by atoms with Crippen molar-refractivity contribution >= 4 is 0 Å². The molecule has 0 radical (unpaired) electrons. The third-order valence-electron chi connectivity index (χ3n) is 4.31. The molecular formula is C15H30. The lowest BCUT2D eigenvalue weighted by molar-refractivity contribution is 0.287. The average molecular weight is 210 g/mol. The van der Waals surface area contributed by atoms with Gasteiger partial charge in [0.05, 0.1) is 0 Å². The zero-order valence-corrected chi connectivity index (χ0v) is 10.9. The van der Waals surface area contributed by atoms with E-state index < -0.39 is 0 Å². The first-order valence-corrected chi connectivity index (χ1v) is 7.34. The predicted molar refractivity (Wildman–Crippen MR) is 69.1 cm³/mol. The molecule has 15 heavy (non-hydrogen) atoms. The molecule has 0 aliphatic heterocycles. The van der Waals surface area contributed by atoms with Gasteiger partial charge < -0.3 is 0 Å². The minimum atomic E-state index is 0.981. The average Bonchev–Trinajstić information content (AvgIpc) is 2.23. The molecule has 1 fully saturated rings. The maximum atomic E-state index is 2.49. The van der Waals surface area contributed by atoms with Gasteiger partial charge in [-0.1, -0.05) is 84.5 Å². The quantitative estimate of drug-likeness (QED) is 0.531. The molecule has 1 rings (SSSR count). The Morgan fingerprint density at radius 2 is 1.20 bits per heavy atom. The van der Waals surface area contributed by atoms with Crippen LogP contribution in [0.15, 0.2) is 0 Å². The summed E-state index contributed by atoms with van der Waals surface area (Å²) < 4.78 is 0. The molecule has 0 aromatic heterocycles. The molecule has 0 nitrogen and oxygen atoms in total. The van der Waals surface area contributed by atoms with Crippen LogP contribution in [0.3, 0.4) is 0 Å². The number of hydrogen-bond donors (Lipinski definition) is 0. The van der Waals surface area contributed by atoms with Crippen molar-refractivity contribution in [2.24, 2.45) is 11.8 Å². The minimum Gasteiger partial charge on any atom is -0.0651 e. The molecule has 90 valence electrons. The Balaban J connectivity index is 2.30. The molecule has 0 spiro atoms. The van der Waals surface area contributed by atoms with Gasteiger partial charge in [-0.15, -0.1) is 0 Å². The van der Waals surface area contributed by atoms with Crippen molar-refractivity contribution in [3.8, 4) is 0 Å². The van der Waals surface area contributed by atoms with Crippen LogP contribution >= 0.6 is 0 Å². The van der Waals surface area contributed by atoms with Crippen LogP contribution in [0.1, 0.15) is 84.5 Å². The first kappa shape index (κ1) is 13.1. The minimum absolute atomic E-state index is 0.981. The van der Waals surface area contributed by atoms with E-state index in [0.29, 0.717) is 0 Å². The molecule has 1 aliphatic carbocycles. The van der Waals surface area contributed by atoms with Gasteiger partial charge >= 0.3 is 0 Å². The van der Waals surface area contributed by atoms with Gasteiger partial charge in [0, 0.05) is 0 Å². The summed E-state index contributed by atoms with van der Waals surface area (Å²) in [6.45, 7) is 4.87. The molecule has 0 heterocycles. The topological polar surface area (TPSA) is 0 Å². The summed E-state index contributed by atoms with van der Waals surface area (Å²) in [5, 5.41) is 0. The van der Waals surface area contributed by atoms with Crippen molar-refractivity contribution in [1.29, 1.82) is 0 Å². The second-order valence-electron chi connectivity index (χ2n) is 5.55. The smallest absolute Gasteiger partial charge is 0.0391 e. The van der Waals surface area contributed by atoms with Crippen molar-refractivity contribution in [1.82, 2.24) is 0 Å². The summed E-state index contributed by atoms with van der Waals surface area (Å²) in [5.74, 6) is 2.00. The lowest BCUT2D eigenvalue weighted by Gasteiger charge is -2.23. The Labute approximate surface area is 96.8 Å². The Hall–Kier alpha value is 0. The van der Waals surface area contributed by atoms with E-state index >= 15 is 0 Å². The van der Waals surface area contributed by atoms with Gasteiger partial charge in [-0.3, -0.25) is 0 Å². The van der Waals surface area contributed by atoms with Gasteiger partial charge in [0.1, 0.15) is 0 Å². The van der Waals surface area contributed by atoms with Crippen LogP contribution in [0, 0.1) is 11.8 Å². The zero-order chi connectivity index (χ0) is 10.9. The van der Waals surface area contributed by atoms with E-state index in [1.165, 1.54) is 70.6 Å². The Kier molecular flexibility index (Phi) is 7.13. The summed E-state index contributed by atoms with van der Waals surface area (Å²) >= 11 is 0. The lowest BCUT2D eigenvalue weighted by Crippen LogP contribution is -2.11. The summed E-state index contributed by atoms with van der Waals surface area (Å²) in [4.78, 5) is 0. The van der Waals surface area contributed by atoms with Gasteiger partial charge in [0.2, 0.25) is 0 Å². The van der Waals surface area contributed by atoms with Gasteiger partial charge in [0.25, 0.3) is 0 Å². The van der Waals surface area contributed by atoms with E-state index in [0.717, 1.165) is 11.8 Å². The lowest BCUT2D eigenvalue weighted by atomic mass is 9.83.